The zero-order valence-corrected chi connectivity index (χ0v) is 15.1. The number of ether oxygens (including phenoxy) is 2. The second kappa shape index (κ2) is 6.43. The highest BCUT2D eigenvalue weighted by molar-refractivity contribution is 7.09. The van der Waals surface area contributed by atoms with Gasteiger partial charge in [-0.15, -0.1) is 11.3 Å². The van der Waals surface area contributed by atoms with Gasteiger partial charge in [-0.2, -0.15) is 0 Å². The number of thiazole rings is 1. The molecule has 4 rings (SSSR count). The van der Waals surface area contributed by atoms with Crippen molar-refractivity contribution in [3.05, 3.63) is 16.1 Å². The van der Waals surface area contributed by atoms with E-state index in [0.29, 0.717) is 12.1 Å². The smallest absolute Gasteiger partial charge is 0.0897 e. The van der Waals surface area contributed by atoms with E-state index in [0.717, 1.165) is 56.3 Å². The first-order valence-electron chi connectivity index (χ1n) is 9.00. The van der Waals surface area contributed by atoms with Gasteiger partial charge in [-0.25, -0.2) is 4.98 Å². The maximum Gasteiger partial charge on any atom is 0.0897 e. The summed E-state index contributed by atoms with van der Waals surface area (Å²) in [4.78, 5) is 7.24. The van der Waals surface area contributed by atoms with Crippen molar-refractivity contribution in [1.82, 2.24) is 9.88 Å². The third kappa shape index (κ3) is 3.34. The van der Waals surface area contributed by atoms with Crippen molar-refractivity contribution in [3.63, 3.8) is 0 Å². The Morgan fingerprint density at radius 3 is 2.91 bits per heavy atom. The summed E-state index contributed by atoms with van der Waals surface area (Å²) in [5.74, 6) is 0.849. The third-order valence-corrected chi connectivity index (χ3v) is 6.77. The summed E-state index contributed by atoms with van der Waals surface area (Å²) in [5.41, 5.74) is 1.25. The van der Waals surface area contributed by atoms with Crippen LogP contribution in [0.1, 0.15) is 49.2 Å². The molecule has 1 aromatic rings. The van der Waals surface area contributed by atoms with E-state index in [9.17, 15) is 0 Å². The van der Waals surface area contributed by atoms with E-state index >= 15 is 0 Å². The Hall–Kier alpha value is -0.490. The highest BCUT2D eigenvalue weighted by Gasteiger charge is 2.51. The van der Waals surface area contributed by atoms with Gasteiger partial charge in [0, 0.05) is 38.2 Å². The Labute approximate surface area is 143 Å². The van der Waals surface area contributed by atoms with E-state index in [1.165, 1.54) is 18.5 Å². The zero-order chi connectivity index (χ0) is 15.9. The predicted molar refractivity (Wildman–Crippen MR) is 91.7 cm³/mol. The van der Waals surface area contributed by atoms with Crippen LogP contribution in [0.4, 0.5) is 0 Å². The van der Waals surface area contributed by atoms with E-state index in [1.54, 1.807) is 11.3 Å². The van der Waals surface area contributed by atoms with Gasteiger partial charge in [-0.1, -0.05) is 0 Å². The number of hydrogen-bond donors (Lipinski definition) is 0. The molecule has 0 bridgehead atoms. The fourth-order valence-corrected chi connectivity index (χ4v) is 4.95. The summed E-state index contributed by atoms with van der Waals surface area (Å²) in [6.07, 6.45) is 7.70. The number of fused-ring (bicyclic) bond motifs is 1. The molecule has 0 amide bonds. The molecule has 1 saturated heterocycles. The average Bonchev–Trinajstić information content (AvgIpc) is 3.21. The van der Waals surface area contributed by atoms with E-state index in [4.69, 9.17) is 9.47 Å². The fraction of sp³-hybridized carbons (Fsp3) is 0.833. The molecule has 1 aromatic heterocycles. The fourth-order valence-electron chi connectivity index (χ4n) is 4.34. The van der Waals surface area contributed by atoms with Gasteiger partial charge >= 0.3 is 0 Å². The van der Waals surface area contributed by atoms with Crippen LogP contribution in [0.2, 0.25) is 0 Å². The van der Waals surface area contributed by atoms with Crippen molar-refractivity contribution < 1.29 is 9.47 Å². The number of methoxy groups -OCH3 is 1. The lowest BCUT2D eigenvalue weighted by molar-refractivity contribution is -0.103. The number of hydrogen-bond acceptors (Lipinski definition) is 5. The SMILES string of the molecule is CO[C@@]12CC[C@@H](OCC3CC3)C[C@@H]1N(Cc1csc(C)n1)CC2. The van der Waals surface area contributed by atoms with Crippen molar-refractivity contribution in [1.29, 1.82) is 0 Å². The molecule has 23 heavy (non-hydrogen) atoms. The zero-order valence-electron chi connectivity index (χ0n) is 14.3. The van der Waals surface area contributed by atoms with Crippen molar-refractivity contribution >= 4 is 11.3 Å². The normalized spacial score (nSPS) is 34.7. The van der Waals surface area contributed by atoms with Gasteiger partial charge in [0.2, 0.25) is 0 Å². The summed E-state index contributed by atoms with van der Waals surface area (Å²) >= 11 is 1.75. The molecule has 2 saturated carbocycles. The Morgan fingerprint density at radius 2 is 2.22 bits per heavy atom. The van der Waals surface area contributed by atoms with Crippen molar-refractivity contribution in [3.8, 4) is 0 Å². The molecule has 128 valence electrons. The number of aromatic nitrogens is 1. The molecule has 1 aliphatic heterocycles. The van der Waals surface area contributed by atoms with Crippen LogP contribution in [0.3, 0.4) is 0 Å². The summed E-state index contributed by atoms with van der Waals surface area (Å²) in [6, 6.07) is 0.479. The lowest BCUT2D eigenvalue weighted by Crippen LogP contribution is -2.51. The molecule has 2 aliphatic carbocycles. The summed E-state index contributed by atoms with van der Waals surface area (Å²) in [5, 5.41) is 3.36. The highest BCUT2D eigenvalue weighted by atomic mass is 32.1. The Balaban J connectivity index is 1.43. The lowest BCUT2D eigenvalue weighted by Gasteiger charge is -2.43. The van der Waals surface area contributed by atoms with Crippen LogP contribution in [0, 0.1) is 12.8 Å². The van der Waals surface area contributed by atoms with Crippen LogP contribution in [-0.4, -0.2) is 47.9 Å². The van der Waals surface area contributed by atoms with Crippen LogP contribution in [0.5, 0.6) is 0 Å². The van der Waals surface area contributed by atoms with Crippen molar-refractivity contribution in [2.75, 3.05) is 20.3 Å². The molecule has 4 nitrogen and oxygen atoms in total. The molecule has 0 aromatic carbocycles. The Bertz CT molecular complexity index is 545. The Morgan fingerprint density at radius 1 is 1.35 bits per heavy atom. The van der Waals surface area contributed by atoms with E-state index in [-0.39, 0.29) is 5.60 Å². The minimum absolute atomic E-state index is 0.0461. The second-order valence-corrected chi connectivity index (χ2v) is 8.60. The molecule has 0 unspecified atom stereocenters. The number of nitrogens with zero attached hydrogens (tertiary/aromatic N) is 2. The van der Waals surface area contributed by atoms with E-state index in [1.807, 2.05) is 7.11 Å². The maximum atomic E-state index is 6.21. The molecule has 3 aliphatic rings. The van der Waals surface area contributed by atoms with Crippen LogP contribution in [-0.2, 0) is 16.0 Å². The summed E-state index contributed by atoms with van der Waals surface area (Å²) in [6.45, 7) is 5.13. The number of likely N-dealkylation sites (tertiary alicyclic amines) is 1. The molecule has 0 radical (unpaired) electrons. The first-order valence-corrected chi connectivity index (χ1v) is 9.88. The monoisotopic (exact) mass is 336 g/mol. The molecule has 3 fully saturated rings. The topological polar surface area (TPSA) is 34.6 Å². The van der Waals surface area contributed by atoms with Gasteiger partial charge < -0.3 is 9.47 Å². The molecule has 3 atom stereocenters. The number of rotatable bonds is 6. The highest BCUT2D eigenvalue weighted by Crippen LogP contribution is 2.44. The van der Waals surface area contributed by atoms with Gasteiger partial charge in [0.1, 0.15) is 0 Å². The standard InChI is InChI=1S/C18H28N2O2S/c1-13-19-15(12-23-13)10-20-8-7-18(21-2)6-5-16(9-17(18)20)22-11-14-3-4-14/h12,14,16-17H,3-11H2,1-2H3/t16-,17+,18-/m1/s1. The van der Waals surface area contributed by atoms with Gasteiger partial charge in [-0.3, -0.25) is 4.90 Å². The van der Waals surface area contributed by atoms with Crippen LogP contribution in [0.15, 0.2) is 5.38 Å². The van der Waals surface area contributed by atoms with Gasteiger partial charge in [0.05, 0.1) is 22.4 Å². The van der Waals surface area contributed by atoms with Crippen LogP contribution < -0.4 is 0 Å². The van der Waals surface area contributed by atoms with Gasteiger partial charge in [0.15, 0.2) is 0 Å². The first-order chi connectivity index (χ1) is 11.2. The number of aryl methyl sites for hydroxylation is 1. The molecule has 0 N–H and O–H groups in total. The minimum atomic E-state index is 0.0461. The molecule has 5 heteroatoms. The first kappa shape index (κ1) is 16.0. The summed E-state index contributed by atoms with van der Waals surface area (Å²) in [7, 11) is 1.90. The second-order valence-electron chi connectivity index (χ2n) is 7.54. The van der Waals surface area contributed by atoms with Crippen molar-refractivity contribution in [2.24, 2.45) is 5.92 Å². The molecule has 0 spiro atoms. The van der Waals surface area contributed by atoms with E-state index in [2.05, 4.69) is 22.2 Å². The minimum Gasteiger partial charge on any atom is -0.378 e. The average molecular weight is 337 g/mol. The van der Waals surface area contributed by atoms with Crippen LogP contribution >= 0.6 is 11.3 Å². The largest absolute Gasteiger partial charge is 0.378 e. The quantitative estimate of drug-likeness (QED) is 0.797. The Kier molecular flexibility index (Phi) is 4.47. The third-order valence-electron chi connectivity index (χ3n) is 5.95. The molecular weight excluding hydrogens is 308 g/mol. The van der Waals surface area contributed by atoms with Gasteiger partial charge in [0.25, 0.3) is 0 Å². The lowest BCUT2D eigenvalue weighted by atomic mass is 9.79. The van der Waals surface area contributed by atoms with Crippen molar-refractivity contribution in [2.45, 2.75) is 69.7 Å². The molecule has 2 heterocycles. The maximum absolute atomic E-state index is 6.21. The van der Waals surface area contributed by atoms with E-state index < -0.39 is 0 Å². The molecular formula is C18H28N2O2S. The summed E-state index contributed by atoms with van der Waals surface area (Å²) < 4.78 is 12.3. The van der Waals surface area contributed by atoms with Gasteiger partial charge in [-0.05, 0) is 51.4 Å². The van der Waals surface area contributed by atoms with Crippen LogP contribution in [0.25, 0.3) is 0 Å². The predicted octanol–water partition coefficient (Wildman–Crippen LogP) is 3.39.